The lowest BCUT2D eigenvalue weighted by Gasteiger charge is -2.29. The average Bonchev–Trinajstić information content (AvgIpc) is 1.57. The number of hydrogen-bond donors (Lipinski definition) is 0. The minimum atomic E-state index is -0.0810. The molecule has 28 rings (SSSR count). The maximum absolute atomic E-state index is 2.44. The Labute approximate surface area is 780 Å². The van der Waals surface area contributed by atoms with Crippen molar-refractivity contribution < 1.29 is 0 Å². The zero-order chi connectivity index (χ0) is 87.9. The van der Waals surface area contributed by atoms with Gasteiger partial charge in [0, 0.05) is 93.8 Å². The van der Waals surface area contributed by atoms with Crippen LogP contribution >= 0.6 is 34.0 Å². The molecule has 628 valence electrons. The summed E-state index contributed by atoms with van der Waals surface area (Å²) in [6.45, 7) is 4.71. The molecule has 0 fully saturated rings. The molecule has 27 aromatic rings. The normalized spacial score (nSPS) is 12.3. The molecule has 0 N–H and O–H groups in total. The predicted molar refractivity (Wildman–Crippen MR) is 570 cm³/mol. The second-order valence-corrected chi connectivity index (χ2v) is 38.1. The summed E-state index contributed by atoms with van der Waals surface area (Å²) < 4.78 is 13.6. The Morgan fingerprint density at radius 1 is 0.218 bits per heavy atom. The maximum atomic E-state index is 2.44. The van der Waals surface area contributed by atoms with Gasteiger partial charge >= 0.3 is 0 Å². The van der Waals surface area contributed by atoms with E-state index in [4.69, 9.17) is 0 Å². The highest BCUT2D eigenvalue weighted by Gasteiger charge is 2.37. The molecule has 1 aliphatic rings. The number of fused-ring (bicyclic) bond motifs is 24. The van der Waals surface area contributed by atoms with Crippen LogP contribution in [0.5, 0.6) is 0 Å². The van der Waals surface area contributed by atoms with Crippen LogP contribution < -0.4 is 14.7 Å². The van der Waals surface area contributed by atoms with Crippen LogP contribution in [-0.4, -0.2) is 17.8 Å². The molecule has 0 unspecified atom stereocenters. The van der Waals surface area contributed by atoms with Crippen molar-refractivity contribution in [2.75, 3.05) is 14.7 Å². The van der Waals surface area contributed by atoms with Crippen molar-refractivity contribution in [1.29, 1.82) is 0 Å². The Morgan fingerprint density at radius 3 is 1.05 bits per heavy atom. The largest absolute Gasteiger partial charge is 0.310 e. The number of rotatable bonds is 12. The molecule has 1 aliphatic carbocycles. The van der Waals surface area contributed by atoms with E-state index in [0.717, 1.165) is 28.4 Å². The van der Waals surface area contributed by atoms with Gasteiger partial charge in [-0.25, -0.2) is 0 Å². The van der Waals surface area contributed by atoms with Crippen LogP contribution in [-0.2, 0) is 5.41 Å². The number of thiazole rings is 3. The van der Waals surface area contributed by atoms with Crippen LogP contribution in [0, 0.1) is 0 Å². The quantitative estimate of drug-likeness (QED) is 0.122. The number of aromatic nitrogens is 4. The van der Waals surface area contributed by atoms with E-state index in [9.17, 15) is 0 Å². The first kappa shape index (κ1) is 77.8. The second kappa shape index (κ2) is 31.5. The first-order valence-electron chi connectivity index (χ1n) is 45.4. The summed E-state index contributed by atoms with van der Waals surface area (Å²) in [4.78, 5) is 11.1. The molecule has 0 amide bonds. The fourth-order valence-electron chi connectivity index (χ4n) is 21.3. The van der Waals surface area contributed by atoms with Gasteiger partial charge < -0.3 is 19.3 Å². The number of nitrogens with zero attached hydrogens (tertiary/aromatic N) is 7. The van der Waals surface area contributed by atoms with Crippen LogP contribution in [0.2, 0.25) is 0 Å². The number of hydrogen-bond acceptors (Lipinski definition) is 6. The molecular weight excluding hydrogens is 1670 g/mol. The lowest BCUT2D eigenvalue weighted by atomic mass is 9.82. The van der Waals surface area contributed by atoms with Gasteiger partial charge in [0.1, 0.15) is 14.5 Å². The SMILES string of the molecule is CC1(C)c2ccccc2-c2ccc(N(c3ccc(-c4c5ccccc5n5c4sc4ccccc45)cc3)c3cccc4ccccc34)cc21.c1ccc(N(c2ccc(-n3c4ccccc4c4ccccc43)cc2)c2c3ccccc3n3c2sc2ccccc23)cc1.c1ccc2c(N(c3ccc(-c4c5ccccc5n5c4sc4ccccc45)cc3)c3cccc4ccccc34)cccc2c1. The van der Waals surface area contributed by atoms with Crippen LogP contribution in [0.1, 0.15) is 25.0 Å². The third kappa shape index (κ3) is 12.6. The van der Waals surface area contributed by atoms with Crippen LogP contribution in [0.3, 0.4) is 0 Å². The Morgan fingerprint density at radius 2 is 0.549 bits per heavy atom. The molecule has 0 aliphatic heterocycles. The van der Waals surface area contributed by atoms with Gasteiger partial charge in [0.15, 0.2) is 0 Å². The van der Waals surface area contributed by atoms with Gasteiger partial charge in [0.25, 0.3) is 0 Å². The molecular formula is C123H83N7S3. The van der Waals surface area contributed by atoms with Gasteiger partial charge in [-0.2, -0.15) is 0 Å². The van der Waals surface area contributed by atoms with E-state index in [-0.39, 0.29) is 5.41 Å². The van der Waals surface area contributed by atoms with E-state index < -0.39 is 0 Å². The Balaban J connectivity index is 0.000000105. The number of benzene rings is 20. The molecule has 133 heavy (non-hydrogen) atoms. The maximum Gasteiger partial charge on any atom is 0.126 e. The first-order valence-corrected chi connectivity index (χ1v) is 47.9. The predicted octanol–water partition coefficient (Wildman–Crippen LogP) is 35.5. The van der Waals surface area contributed by atoms with Crippen molar-refractivity contribution in [1.82, 2.24) is 17.8 Å². The highest BCUT2D eigenvalue weighted by atomic mass is 32.1. The lowest BCUT2D eigenvalue weighted by molar-refractivity contribution is 0.660. The smallest absolute Gasteiger partial charge is 0.126 e. The fourth-order valence-corrected chi connectivity index (χ4v) is 25.0. The highest BCUT2D eigenvalue weighted by Crippen LogP contribution is 2.55. The standard InChI is InChI=1S/C45H32N2S.C40H26N2S.C38H25N3S/c1-45(2)37-17-7-5-15-34(37)35-27-26-32(28-38(35)45)46(39-20-11-13-29-12-3-4-14-33(29)39)31-24-22-30(23-25-31)43-36-16-6-8-18-40(36)47-41-19-9-10-21-42(41)48-44(43)47;1-3-15-31-27(11-1)13-9-20-34(31)41(35-21-10-14-28-12-2-4-16-32(28)35)30-25-23-29(24-26-30)39-33-17-5-6-18-36(33)42-37-19-7-8-22-38(37)43-40(39)42;1-2-12-26(13-3-1)39(37-31-16-6-9-19-34(31)41-35-20-10-11-21-36(35)42-38(37)41)27-22-24-28(25-23-27)40-32-17-7-4-14-29(32)30-15-5-8-18-33(30)40/h3-28H,1-2H3;1-26H;1-25H. The van der Waals surface area contributed by atoms with Crippen LogP contribution in [0.4, 0.5) is 51.2 Å². The molecule has 7 aromatic heterocycles. The summed E-state index contributed by atoms with van der Waals surface area (Å²) >= 11 is 5.59. The average molecular weight is 1760 g/mol. The van der Waals surface area contributed by atoms with Gasteiger partial charge in [-0.3, -0.25) is 13.2 Å². The van der Waals surface area contributed by atoms with Gasteiger partial charge in [0.05, 0.1) is 81.0 Å². The molecule has 0 atom stereocenters. The minimum Gasteiger partial charge on any atom is -0.310 e. The fraction of sp³-hybridized carbons (Fsp3) is 0.0244. The van der Waals surface area contributed by atoms with Crippen molar-refractivity contribution in [3.63, 3.8) is 0 Å². The monoisotopic (exact) mass is 1750 g/mol. The molecule has 0 saturated heterocycles. The number of anilines is 9. The van der Waals surface area contributed by atoms with Crippen molar-refractivity contribution in [2.24, 2.45) is 0 Å². The topological polar surface area (TPSA) is 27.9 Å². The van der Waals surface area contributed by atoms with E-state index in [0.29, 0.717) is 0 Å². The second-order valence-electron chi connectivity index (χ2n) is 35.0. The van der Waals surface area contributed by atoms with Crippen LogP contribution in [0.25, 0.3) is 171 Å². The van der Waals surface area contributed by atoms with E-state index in [2.05, 4.69) is 513 Å². The third-order valence-electron chi connectivity index (χ3n) is 27.3. The highest BCUT2D eigenvalue weighted by molar-refractivity contribution is 7.25. The molecule has 0 radical (unpaired) electrons. The number of para-hydroxylation sites is 9. The van der Waals surface area contributed by atoms with Crippen molar-refractivity contribution in [2.45, 2.75) is 19.3 Å². The molecule has 0 saturated carbocycles. The van der Waals surface area contributed by atoms with Crippen molar-refractivity contribution >= 4 is 217 Å². The summed E-state index contributed by atoms with van der Waals surface area (Å²) in [5.41, 5.74) is 31.9. The van der Waals surface area contributed by atoms with Gasteiger partial charge in [0.2, 0.25) is 0 Å². The zero-order valence-electron chi connectivity index (χ0n) is 72.8. The lowest BCUT2D eigenvalue weighted by Crippen LogP contribution is -2.16. The third-order valence-corrected chi connectivity index (χ3v) is 30.7. The van der Waals surface area contributed by atoms with E-state index in [1.165, 1.54) is 205 Å². The zero-order valence-corrected chi connectivity index (χ0v) is 75.3. The van der Waals surface area contributed by atoms with Crippen LogP contribution in [0.15, 0.2) is 467 Å². The Hall–Kier alpha value is -16.3. The van der Waals surface area contributed by atoms with E-state index in [1.807, 2.05) is 34.0 Å². The molecule has 7 heterocycles. The summed E-state index contributed by atoms with van der Waals surface area (Å²) in [6.07, 6.45) is 0. The Bertz CT molecular complexity index is 9130. The minimum absolute atomic E-state index is 0.0810. The van der Waals surface area contributed by atoms with Crippen molar-refractivity contribution in [3.8, 4) is 39.1 Å². The Kier molecular flexibility index (Phi) is 18.4. The van der Waals surface area contributed by atoms with E-state index >= 15 is 0 Å². The molecule has 0 bridgehead atoms. The summed E-state index contributed by atoms with van der Waals surface area (Å²) in [5, 5.41) is 13.7. The molecule has 0 spiro atoms. The summed E-state index contributed by atoms with van der Waals surface area (Å²) in [6, 6.07) is 170. The molecule has 7 nitrogen and oxygen atoms in total. The first-order chi connectivity index (χ1) is 65.8. The molecule has 20 aromatic carbocycles. The van der Waals surface area contributed by atoms with Gasteiger partial charge in [-0.05, 0) is 207 Å². The molecule has 10 heteroatoms. The van der Waals surface area contributed by atoms with Gasteiger partial charge in [-0.15, -0.1) is 34.0 Å². The van der Waals surface area contributed by atoms with E-state index in [1.54, 1.807) is 0 Å². The summed E-state index contributed by atoms with van der Waals surface area (Å²) in [7, 11) is 0. The van der Waals surface area contributed by atoms with Gasteiger partial charge in [-0.1, -0.05) is 323 Å². The van der Waals surface area contributed by atoms with Crippen molar-refractivity contribution in [3.05, 3.63) is 478 Å². The summed E-state index contributed by atoms with van der Waals surface area (Å²) in [5.74, 6) is 0.